The first-order valence-corrected chi connectivity index (χ1v) is 11.0. The molecule has 0 aliphatic carbocycles. The van der Waals surface area contributed by atoms with Gasteiger partial charge in [0.05, 0.1) is 11.3 Å². The lowest BCUT2D eigenvalue weighted by Crippen LogP contribution is -2.39. The normalized spacial score (nSPS) is 12.7. The molecule has 0 bridgehead atoms. The number of hydrogen-bond donors (Lipinski definition) is 2. The van der Waals surface area contributed by atoms with Gasteiger partial charge in [-0.15, -0.1) is 0 Å². The Morgan fingerprint density at radius 3 is 2.58 bits per heavy atom. The van der Waals surface area contributed by atoms with E-state index in [-0.39, 0.29) is 11.6 Å². The number of aliphatic hydroxyl groups is 1. The van der Waals surface area contributed by atoms with Gasteiger partial charge in [-0.05, 0) is 49.5 Å². The van der Waals surface area contributed by atoms with Gasteiger partial charge in [0.2, 0.25) is 5.95 Å². The number of nitrogens with zero attached hydrogens (tertiary/aromatic N) is 2. The van der Waals surface area contributed by atoms with Crippen molar-refractivity contribution in [2.24, 2.45) is 0 Å². The van der Waals surface area contributed by atoms with Crippen molar-refractivity contribution in [1.29, 1.82) is 0 Å². The first-order valence-electron chi connectivity index (χ1n) is 8.00. The third-order valence-corrected chi connectivity index (χ3v) is 8.57. The summed E-state index contributed by atoms with van der Waals surface area (Å²) < 4.78 is 19.5. The molecule has 2 heterocycles. The Labute approximate surface area is 142 Å². The van der Waals surface area contributed by atoms with Crippen LogP contribution in [0.5, 0.6) is 0 Å². The standard InChI is InChI=1S/C17H25FN2O3Si/c1-11-15(14(10-21)23-20-11)12-7-9-19-16(18)13(12)6-8-17(2,3)24(4,5)22/h7,9,21-22H,6,8,10H2,1-5H3. The third-order valence-electron chi connectivity index (χ3n) is 5.01. The average Bonchev–Trinajstić information content (AvgIpc) is 2.85. The molecule has 0 fully saturated rings. The summed E-state index contributed by atoms with van der Waals surface area (Å²) in [5.74, 6) is -0.222. The minimum atomic E-state index is -2.38. The van der Waals surface area contributed by atoms with Gasteiger partial charge in [0.25, 0.3) is 0 Å². The van der Waals surface area contributed by atoms with Crippen molar-refractivity contribution < 1.29 is 18.8 Å². The number of halogens is 1. The highest BCUT2D eigenvalue weighted by Gasteiger charge is 2.38. The average molecular weight is 352 g/mol. The zero-order chi connectivity index (χ0) is 18.1. The van der Waals surface area contributed by atoms with E-state index < -0.39 is 14.3 Å². The number of hydrogen-bond acceptors (Lipinski definition) is 5. The van der Waals surface area contributed by atoms with Gasteiger partial charge in [-0.2, -0.15) is 4.39 Å². The van der Waals surface area contributed by atoms with Gasteiger partial charge in [-0.3, -0.25) is 0 Å². The fourth-order valence-electron chi connectivity index (χ4n) is 2.55. The lowest BCUT2D eigenvalue weighted by molar-refractivity contribution is 0.229. The minimum absolute atomic E-state index is 0.268. The predicted molar refractivity (Wildman–Crippen MR) is 92.4 cm³/mol. The quantitative estimate of drug-likeness (QED) is 0.613. The first-order chi connectivity index (χ1) is 11.1. The van der Waals surface area contributed by atoms with E-state index in [4.69, 9.17) is 4.52 Å². The van der Waals surface area contributed by atoms with E-state index in [0.717, 1.165) is 0 Å². The second kappa shape index (κ2) is 6.74. The van der Waals surface area contributed by atoms with Crippen molar-refractivity contribution >= 4 is 8.32 Å². The van der Waals surface area contributed by atoms with E-state index in [0.29, 0.717) is 41.0 Å². The van der Waals surface area contributed by atoms with E-state index in [2.05, 4.69) is 10.1 Å². The van der Waals surface area contributed by atoms with Crippen LogP contribution >= 0.6 is 0 Å². The van der Waals surface area contributed by atoms with Crippen molar-refractivity contribution in [3.8, 4) is 11.1 Å². The molecule has 0 aromatic carbocycles. The maximum atomic E-state index is 14.4. The van der Waals surface area contributed by atoms with Crippen molar-refractivity contribution in [3.63, 3.8) is 0 Å². The lowest BCUT2D eigenvalue weighted by atomic mass is 9.94. The molecule has 7 heteroatoms. The smallest absolute Gasteiger partial charge is 0.216 e. The Hall–Kier alpha value is -1.57. The van der Waals surface area contributed by atoms with Gasteiger partial charge in [-0.25, -0.2) is 4.98 Å². The zero-order valence-corrected chi connectivity index (χ0v) is 15.9. The zero-order valence-electron chi connectivity index (χ0n) is 14.9. The number of rotatable bonds is 6. The molecule has 132 valence electrons. The van der Waals surface area contributed by atoms with Crippen molar-refractivity contribution in [1.82, 2.24) is 10.1 Å². The second-order valence-electron chi connectivity index (χ2n) is 7.30. The highest BCUT2D eigenvalue weighted by atomic mass is 28.4. The van der Waals surface area contributed by atoms with Gasteiger partial charge in [0, 0.05) is 11.8 Å². The van der Waals surface area contributed by atoms with Crippen LogP contribution in [-0.4, -0.2) is 28.4 Å². The molecule has 2 N–H and O–H groups in total. The van der Waals surface area contributed by atoms with Crippen LogP contribution in [0, 0.1) is 12.9 Å². The van der Waals surface area contributed by atoms with Crippen LogP contribution < -0.4 is 0 Å². The van der Waals surface area contributed by atoms with Crippen molar-refractivity contribution in [2.75, 3.05) is 0 Å². The van der Waals surface area contributed by atoms with Crippen LogP contribution in [0.15, 0.2) is 16.8 Å². The largest absolute Gasteiger partial charge is 0.432 e. The molecule has 2 aromatic rings. The van der Waals surface area contributed by atoms with E-state index >= 15 is 0 Å². The lowest BCUT2D eigenvalue weighted by Gasteiger charge is -2.35. The minimum Gasteiger partial charge on any atom is -0.432 e. The highest BCUT2D eigenvalue weighted by molar-refractivity contribution is 6.72. The van der Waals surface area contributed by atoms with Crippen LogP contribution in [0.2, 0.25) is 18.1 Å². The van der Waals surface area contributed by atoms with Crippen molar-refractivity contribution in [2.45, 2.75) is 58.4 Å². The van der Waals surface area contributed by atoms with Crippen LogP contribution in [0.25, 0.3) is 11.1 Å². The summed E-state index contributed by atoms with van der Waals surface area (Å²) in [5, 5.41) is 13.1. The Kier molecular flexibility index (Phi) is 5.27. The molecular formula is C17H25FN2O3Si. The summed E-state index contributed by atoms with van der Waals surface area (Å²) in [5.41, 5.74) is 2.32. The molecule has 2 rings (SSSR count). The maximum Gasteiger partial charge on any atom is 0.216 e. The van der Waals surface area contributed by atoms with Gasteiger partial charge in [-0.1, -0.05) is 19.0 Å². The fraction of sp³-hybridized carbons (Fsp3) is 0.529. The summed E-state index contributed by atoms with van der Waals surface area (Å²) in [7, 11) is -2.38. The van der Waals surface area contributed by atoms with Gasteiger partial charge < -0.3 is 14.4 Å². The van der Waals surface area contributed by atoms with Gasteiger partial charge in [0.1, 0.15) is 6.61 Å². The third kappa shape index (κ3) is 3.58. The second-order valence-corrected chi connectivity index (χ2v) is 11.8. The summed E-state index contributed by atoms with van der Waals surface area (Å²) in [6.07, 6.45) is 2.48. The molecule has 0 unspecified atom stereocenters. The molecule has 2 aromatic heterocycles. The molecule has 0 saturated heterocycles. The summed E-state index contributed by atoms with van der Waals surface area (Å²) in [6.45, 7) is 9.26. The molecule has 0 aliphatic heterocycles. The Morgan fingerprint density at radius 1 is 1.33 bits per heavy atom. The number of aliphatic hydroxyl groups excluding tert-OH is 1. The SMILES string of the molecule is Cc1noc(CO)c1-c1ccnc(F)c1CCC(C)(C)[Si](C)(C)O. The van der Waals surface area contributed by atoms with E-state index in [1.807, 2.05) is 26.9 Å². The van der Waals surface area contributed by atoms with Crippen molar-refractivity contribution in [3.05, 3.63) is 35.2 Å². The molecule has 24 heavy (non-hydrogen) atoms. The topological polar surface area (TPSA) is 79.4 Å². The highest BCUT2D eigenvalue weighted by Crippen LogP contribution is 2.41. The number of aromatic nitrogens is 2. The summed E-state index contributed by atoms with van der Waals surface area (Å²) in [6, 6.07) is 1.71. The number of pyridine rings is 1. The van der Waals surface area contributed by atoms with Crippen LogP contribution in [0.3, 0.4) is 0 Å². The van der Waals surface area contributed by atoms with E-state index in [1.54, 1.807) is 13.0 Å². The monoisotopic (exact) mass is 352 g/mol. The molecular weight excluding hydrogens is 327 g/mol. The van der Waals surface area contributed by atoms with Crippen LogP contribution in [0.4, 0.5) is 4.39 Å². The molecule has 5 nitrogen and oxygen atoms in total. The Bertz CT molecular complexity index is 723. The predicted octanol–water partition coefficient (Wildman–Crippen LogP) is 3.59. The van der Waals surface area contributed by atoms with Crippen LogP contribution in [-0.2, 0) is 13.0 Å². The first kappa shape index (κ1) is 18.8. The maximum absolute atomic E-state index is 14.4. The van der Waals surface area contributed by atoms with Gasteiger partial charge in [0.15, 0.2) is 14.1 Å². The number of aryl methyl sites for hydroxylation is 1. The summed E-state index contributed by atoms with van der Waals surface area (Å²) >= 11 is 0. The molecule has 0 spiro atoms. The van der Waals surface area contributed by atoms with Crippen LogP contribution in [0.1, 0.15) is 37.3 Å². The molecule has 0 atom stereocenters. The Balaban J connectivity index is 2.43. The fourth-order valence-corrected chi connectivity index (χ4v) is 3.29. The molecule has 0 aliphatic rings. The van der Waals surface area contributed by atoms with E-state index in [9.17, 15) is 14.3 Å². The van der Waals surface area contributed by atoms with E-state index in [1.165, 1.54) is 6.20 Å². The molecule has 0 radical (unpaired) electrons. The molecule has 0 amide bonds. The Morgan fingerprint density at radius 2 is 2.00 bits per heavy atom. The summed E-state index contributed by atoms with van der Waals surface area (Å²) in [4.78, 5) is 14.2. The van der Waals surface area contributed by atoms with Gasteiger partial charge >= 0.3 is 0 Å². The molecule has 0 saturated carbocycles.